The quantitative estimate of drug-likeness (QED) is 0.886. The van der Waals surface area contributed by atoms with E-state index in [0.29, 0.717) is 18.8 Å². The maximum absolute atomic E-state index is 13.2. The van der Waals surface area contributed by atoms with Gasteiger partial charge in [-0.05, 0) is 44.9 Å². The number of carbonyl (C=O) groups excluding carboxylic acids is 2. The predicted octanol–water partition coefficient (Wildman–Crippen LogP) is 2.78. The van der Waals surface area contributed by atoms with Gasteiger partial charge in [0, 0.05) is 30.5 Å². The number of rotatable bonds is 3. The maximum atomic E-state index is 13.2. The highest BCUT2D eigenvalue weighted by Gasteiger charge is 2.42. The largest absolute Gasteiger partial charge is 0.362 e. The van der Waals surface area contributed by atoms with Gasteiger partial charge in [0.15, 0.2) is 5.60 Å². The van der Waals surface area contributed by atoms with Crippen LogP contribution in [-0.4, -0.2) is 52.6 Å². The number of hydrogen-bond acceptors (Lipinski definition) is 3. The average molecular weight is 383 g/mol. The van der Waals surface area contributed by atoms with Crippen LogP contribution in [0.3, 0.4) is 0 Å². The van der Waals surface area contributed by atoms with Crippen molar-refractivity contribution in [1.82, 2.24) is 14.8 Å². The summed E-state index contributed by atoms with van der Waals surface area (Å²) in [6.45, 7) is 4.96. The fraction of sp³-hybridized carbons (Fsp3) is 0.545. The van der Waals surface area contributed by atoms with Crippen LogP contribution in [0, 0.1) is 6.92 Å². The molecule has 1 aliphatic carbocycles. The van der Waals surface area contributed by atoms with Crippen LogP contribution in [0.5, 0.6) is 0 Å². The highest BCUT2D eigenvalue weighted by atomic mass is 16.5. The number of benzene rings is 1. The van der Waals surface area contributed by atoms with Gasteiger partial charge in [0.05, 0.1) is 13.2 Å². The third-order valence-electron chi connectivity index (χ3n) is 6.15. The highest BCUT2D eigenvalue weighted by molar-refractivity contribution is 5.99. The van der Waals surface area contributed by atoms with Gasteiger partial charge in [-0.25, -0.2) is 0 Å². The van der Waals surface area contributed by atoms with Crippen LogP contribution in [0.4, 0.5) is 0 Å². The molecule has 1 saturated heterocycles. The Morgan fingerprint density at radius 1 is 1.21 bits per heavy atom. The van der Waals surface area contributed by atoms with E-state index >= 15 is 0 Å². The van der Waals surface area contributed by atoms with E-state index in [-0.39, 0.29) is 24.4 Å². The van der Waals surface area contributed by atoms with E-state index in [4.69, 9.17) is 4.74 Å². The molecule has 28 heavy (non-hydrogen) atoms. The third-order valence-corrected chi connectivity index (χ3v) is 6.15. The molecule has 1 N–H and O–H groups in total. The number of fused-ring (bicyclic) bond motifs is 1. The molecule has 0 radical (unpaired) electrons. The summed E-state index contributed by atoms with van der Waals surface area (Å²) >= 11 is 0. The monoisotopic (exact) mass is 383 g/mol. The number of ether oxygens (including phenoxy) is 1. The van der Waals surface area contributed by atoms with Crippen molar-refractivity contribution in [2.24, 2.45) is 7.05 Å². The van der Waals surface area contributed by atoms with Crippen LogP contribution in [0.25, 0.3) is 10.9 Å². The molecule has 1 aliphatic heterocycles. The number of hydrogen-bond donors (Lipinski definition) is 1. The van der Waals surface area contributed by atoms with Crippen LogP contribution in [-0.2, 0) is 16.6 Å². The van der Waals surface area contributed by atoms with Gasteiger partial charge in [0.2, 0.25) is 0 Å². The number of carbonyl (C=O) groups is 2. The van der Waals surface area contributed by atoms with E-state index in [9.17, 15) is 9.59 Å². The minimum Gasteiger partial charge on any atom is -0.362 e. The molecule has 1 aromatic carbocycles. The summed E-state index contributed by atoms with van der Waals surface area (Å²) in [4.78, 5) is 27.8. The van der Waals surface area contributed by atoms with Crippen LogP contribution in [0.1, 0.15) is 48.7 Å². The van der Waals surface area contributed by atoms with E-state index in [1.165, 1.54) is 5.56 Å². The van der Waals surface area contributed by atoms with Crippen molar-refractivity contribution in [1.29, 1.82) is 0 Å². The first kappa shape index (κ1) is 19.0. The van der Waals surface area contributed by atoms with Gasteiger partial charge < -0.3 is 19.5 Å². The van der Waals surface area contributed by atoms with E-state index in [1.54, 1.807) is 11.8 Å². The molecule has 1 atom stereocenters. The van der Waals surface area contributed by atoms with Gasteiger partial charge in [-0.3, -0.25) is 9.59 Å². The molecule has 2 heterocycles. The molecule has 150 valence electrons. The summed E-state index contributed by atoms with van der Waals surface area (Å²) in [6, 6.07) is 8.36. The second-order valence-electron chi connectivity index (χ2n) is 8.41. The van der Waals surface area contributed by atoms with E-state index in [2.05, 4.69) is 17.4 Å². The second-order valence-corrected chi connectivity index (χ2v) is 8.41. The summed E-state index contributed by atoms with van der Waals surface area (Å²) in [5.41, 5.74) is 1.84. The molecule has 4 rings (SSSR count). The Bertz CT molecular complexity index is 913. The average Bonchev–Trinajstić information content (AvgIpc) is 3.29. The fourth-order valence-corrected chi connectivity index (χ4v) is 4.43. The van der Waals surface area contributed by atoms with Crippen LogP contribution in [0.2, 0.25) is 0 Å². The SMILES string of the molecule is Cc1ccc2c(c1)cc(C(=O)N1CCOC(C)(C(=O)NC3CCCC3)C1)n2C. The van der Waals surface area contributed by atoms with Crippen molar-refractivity contribution in [3.05, 3.63) is 35.5 Å². The lowest BCUT2D eigenvalue weighted by atomic mass is 10.0. The Labute approximate surface area is 165 Å². The summed E-state index contributed by atoms with van der Waals surface area (Å²) in [5, 5.41) is 4.18. The van der Waals surface area contributed by atoms with Crippen molar-refractivity contribution in [2.75, 3.05) is 19.7 Å². The van der Waals surface area contributed by atoms with Crippen molar-refractivity contribution < 1.29 is 14.3 Å². The number of morpholine rings is 1. The molecular weight excluding hydrogens is 354 g/mol. The fourth-order valence-electron chi connectivity index (χ4n) is 4.43. The highest BCUT2D eigenvalue weighted by Crippen LogP contribution is 2.25. The lowest BCUT2D eigenvalue weighted by molar-refractivity contribution is -0.154. The molecule has 2 aliphatic rings. The molecule has 0 spiro atoms. The standard InChI is InChI=1S/C22H29N3O3/c1-15-8-9-18-16(12-15)13-19(24(18)3)20(26)25-10-11-28-22(2,14-25)21(27)23-17-6-4-5-7-17/h8-9,12-13,17H,4-7,10-11,14H2,1-3H3,(H,23,27). The maximum Gasteiger partial charge on any atom is 0.270 e. The van der Waals surface area contributed by atoms with Crippen molar-refractivity contribution >= 4 is 22.7 Å². The van der Waals surface area contributed by atoms with Gasteiger partial charge in [-0.1, -0.05) is 24.5 Å². The molecular formula is C22H29N3O3. The van der Waals surface area contributed by atoms with E-state index in [1.807, 2.05) is 30.7 Å². The first-order valence-corrected chi connectivity index (χ1v) is 10.2. The van der Waals surface area contributed by atoms with Gasteiger partial charge >= 0.3 is 0 Å². The minimum absolute atomic E-state index is 0.0560. The second kappa shape index (κ2) is 7.24. The summed E-state index contributed by atoms with van der Waals surface area (Å²) in [7, 11) is 1.91. The Hall–Kier alpha value is -2.34. The first-order chi connectivity index (χ1) is 13.4. The molecule has 6 heteroatoms. The van der Waals surface area contributed by atoms with Crippen molar-refractivity contribution in [2.45, 2.75) is 51.2 Å². The lowest BCUT2D eigenvalue weighted by Gasteiger charge is -2.39. The molecule has 1 unspecified atom stereocenters. The Morgan fingerprint density at radius 2 is 1.96 bits per heavy atom. The lowest BCUT2D eigenvalue weighted by Crippen LogP contribution is -2.60. The number of aromatic nitrogens is 1. The Morgan fingerprint density at radius 3 is 2.71 bits per heavy atom. The molecule has 2 amide bonds. The Kier molecular flexibility index (Phi) is 4.91. The molecule has 2 fully saturated rings. The van der Waals surface area contributed by atoms with Gasteiger partial charge in [0.1, 0.15) is 5.69 Å². The van der Waals surface area contributed by atoms with Gasteiger partial charge in [0.25, 0.3) is 11.8 Å². The molecule has 1 saturated carbocycles. The smallest absolute Gasteiger partial charge is 0.270 e. The molecule has 6 nitrogen and oxygen atoms in total. The first-order valence-electron chi connectivity index (χ1n) is 10.2. The van der Waals surface area contributed by atoms with Crippen molar-refractivity contribution in [3.63, 3.8) is 0 Å². The minimum atomic E-state index is -1.00. The summed E-state index contributed by atoms with van der Waals surface area (Å²) < 4.78 is 7.78. The van der Waals surface area contributed by atoms with Crippen molar-refractivity contribution in [3.8, 4) is 0 Å². The zero-order valence-electron chi connectivity index (χ0n) is 17.0. The zero-order chi connectivity index (χ0) is 19.9. The van der Waals surface area contributed by atoms with Gasteiger partial charge in [-0.15, -0.1) is 0 Å². The van der Waals surface area contributed by atoms with Gasteiger partial charge in [-0.2, -0.15) is 0 Å². The number of nitrogens with one attached hydrogen (secondary N) is 1. The third kappa shape index (κ3) is 3.41. The predicted molar refractivity (Wildman–Crippen MR) is 108 cm³/mol. The number of amides is 2. The summed E-state index contributed by atoms with van der Waals surface area (Å²) in [6.07, 6.45) is 4.38. The topological polar surface area (TPSA) is 63.6 Å². The van der Waals surface area contributed by atoms with E-state index < -0.39 is 5.60 Å². The number of nitrogens with zero attached hydrogens (tertiary/aromatic N) is 2. The molecule has 1 aromatic heterocycles. The zero-order valence-corrected chi connectivity index (χ0v) is 17.0. The van der Waals surface area contributed by atoms with E-state index in [0.717, 1.165) is 36.6 Å². The van der Waals surface area contributed by atoms with Crippen LogP contribution in [0.15, 0.2) is 24.3 Å². The molecule has 2 aromatic rings. The number of aryl methyl sites for hydroxylation is 2. The summed E-state index contributed by atoms with van der Waals surface area (Å²) in [5.74, 6) is -0.163. The van der Waals surface area contributed by atoms with Crippen LogP contribution >= 0.6 is 0 Å². The molecule has 0 bridgehead atoms. The Balaban J connectivity index is 1.53. The normalized spacial score (nSPS) is 23.3. The van der Waals surface area contributed by atoms with Crippen LogP contribution < -0.4 is 5.32 Å².